The van der Waals surface area contributed by atoms with Crippen LogP contribution in [-0.4, -0.2) is 25.4 Å². The largest absolute Gasteiger partial charge is 0.478 e. The fourth-order valence-electron chi connectivity index (χ4n) is 2.35. The average Bonchev–Trinajstić information content (AvgIpc) is 2.94. The summed E-state index contributed by atoms with van der Waals surface area (Å²) in [6.07, 6.45) is 4.86. The molecule has 0 radical (unpaired) electrons. The molecule has 3 rings (SSSR count). The van der Waals surface area contributed by atoms with Crippen LogP contribution >= 0.6 is 23.3 Å². The van der Waals surface area contributed by atoms with Crippen LogP contribution in [0.15, 0.2) is 15.4 Å². The van der Waals surface area contributed by atoms with Crippen molar-refractivity contribution in [1.29, 1.82) is 0 Å². The zero-order chi connectivity index (χ0) is 14.8. The maximum Gasteiger partial charge on any atom is 0.338 e. The zero-order valence-electron chi connectivity index (χ0n) is 11.6. The van der Waals surface area contributed by atoms with Gasteiger partial charge in [0.15, 0.2) is 4.34 Å². The van der Waals surface area contributed by atoms with E-state index in [-0.39, 0.29) is 5.56 Å². The number of carboxylic acids is 1. The number of pyridine rings is 1. The number of aryl methyl sites for hydroxylation is 3. The van der Waals surface area contributed by atoms with Gasteiger partial charge in [0.2, 0.25) is 0 Å². The lowest BCUT2D eigenvalue weighted by molar-refractivity contribution is 0.0692. The maximum atomic E-state index is 11.5. The number of aromatic nitrogens is 3. The molecule has 2 aromatic rings. The van der Waals surface area contributed by atoms with E-state index in [2.05, 4.69) is 14.3 Å². The van der Waals surface area contributed by atoms with Crippen molar-refractivity contribution in [2.24, 2.45) is 0 Å². The lowest BCUT2D eigenvalue weighted by atomic mass is 9.95. The van der Waals surface area contributed by atoms with Gasteiger partial charge in [-0.2, -0.15) is 4.37 Å². The highest BCUT2D eigenvalue weighted by molar-refractivity contribution is 8.01. The summed E-state index contributed by atoms with van der Waals surface area (Å²) in [6.45, 7) is 2.00. The minimum atomic E-state index is -0.932. The molecule has 5 nitrogen and oxygen atoms in total. The molecule has 0 unspecified atom stereocenters. The molecule has 0 saturated heterocycles. The van der Waals surface area contributed by atoms with Gasteiger partial charge in [-0.1, -0.05) is 6.92 Å². The predicted molar refractivity (Wildman–Crippen MR) is 81.2 cm³/mol. The summed E-state index contributed by atoms with van der Waals surface area (Å²) in [7, 11) is 0. The number of rotatable bonds is 4. The van der Waals surface area contributed by atoms with E-state index < -0.39 is 5.97 Å². The molecule has 1 aliphatic carbocycles. The topological polar surface area (TPSA) is 76.0 Å². The minimum absolute atomic E-state index is 0.272. The van der Waals surface area contributed by atoms with Crippen LogP contribution in [0.2, 0.25) is 0 Å². The third-order valence-corrected chi connectivity index (χ3v) is 5.24. The Morgan fingerprint density at radius 2 is 2.19 bits per heavy atom. The maximum absolute atomic E-state index is 11.5. The van der Waals surface area contributed by atoms with Crippen LogP contribution in [0.5, 0.6) is 0 Å². The van der Waals surface area contributed by atoms with Crippen LogP contribution in [0.25, 0.3) is 0 Å². The molecule has 0 aromatic carbocycles. The summed E-state index contributed by atoms with van der Waals surface area (Å²) in [5, 5.41) is 9.94. The van der Waals surface area contributed by atoms with Gasteiger partial charge < -0.3 is 5.11 Å². The van der Waals surface area contributed by atoms with E-state index in [1.165, 1.54) is 23.3 Å². The molecule has 1 aliphatic rings. The van der Waals surface area contributed by atoms with Gasteiger partial charge in [0.1, 0.15) is 10.9 Å². The van der Waals surface area contributed by atoms with Gasteiger partial charge in [-0.15, -0.1) is 0 Å². The second kappa shape index (κ2) is 6.11. The monoisotopic (exact) mass is 321 g/mol. The van der Waals surface area contributed by atoms with Crippen molar-refractivity contribution >= 4 is 29.3 Å². The van der Waals surface area contributed by atoms with Crippen LogP contribution in [0.3, 0.4) is 0 Å². The Morgan fingerprint density at radius 1 is 1.38 bits per heavy atom. The van der Waals surface area contributed by atoms with Crippen molar-refractivity contribution in [3.05, 3.63) is 28.7 Å². The molecule has 0 bridgehead atoms. The summed E-state index contributed by atoms with van der Waals surface area (Å²) in [5.74, 6) is -0.143. The van der Waals surface area contributed by atoms with Crippen molar-refractivity contribution in [2.45, 2.75) is 48.4 Å². The van der Waals surface area contributed by atoms with Gasteiger partial charge in [-0.3, -0.25) is 0 Å². The third-order valence-electron chi connectivity index (χ3n) is 3.45. The fourth-order valence-corrected chi connectivity index (χ4v) is 4.08. The summed E-state index contributed by atoms with van der Waals surface area (Å²) in [6, 6.07) is 1.79. The minimum Gasteiger partial charge on any atom is -0.478 e. The van der Waals surface area contributed by atoms with E-state index in [1.54, 1.807) is 6.07 Å². The molecule has 110 valence electrons. The molecular formula is C14H15N3O2S2. The van der Waals surface area contributed by atoms with Crippen LogP contribution in [0.4, 0.5) is 0 Å². The molecule has 0 saturated carbocycles. The van der Waals surface area contributed by atoms with Gasteiger partial charge in [0.25, 0.3) is 0 Å². The Labute approximate surface area is 131 Å². The number of nitrogens with zero attached hydrogens (tertiary/aromatic N) is 3. The number of fused-ring (bicyclic) bond motifs is 1. The first-order valence-electron chi connectivity index (χ1n) is 6.94. The van der Waals surface area contributed by atoms with E-state index >= 15 is 0 Å². The highest BCUT2D eigenvalue weighted by Crippen LogP contribution is 2.33. The zero-order valence-corrected chi connectivity index (χ0v) is 13.3. The van der Waals surface area contributed by atoms with E-state index in [1.807, 2.05) is 6.92 Å². The Balaban J connectivity index is 1.97. The number of carbonyl (C=O) groups is 1. The smallest absolute Gasteiger partial charge is 0.338 e. The van der Waals surface area contributed by atoms with Crippen LogP contribution in [-0.2, 0) is 19.3 Å². The SMILES string of the molecule is CCc1nsc(Sc2nc3c(cc2C(=O)O)CCCC3)n1. The van der Waals surface area contributed by atoms with Crippen molar-refractivity contribution < 1.29 is 9.90 Å². The first kappa shape index (κ1) is 14.5. The number of aromatic carboxylic acids is 1. The fraction of sp³-hybridized carbons (Fsp3) is 0.429. The molecule has 21 heavy (non-hydrogen) atoms. The molecule has 0 aliphatic heterocycles. The standard InChI is InChI=1S/C14H15N3O2S2/c1-2-11-16-14(21-17-11)20-12-9(13(18)19)7-8-5-3-4-6-10(8)15-12/h7H,2-6H2,1H3,(H,18,19). The molecule has 0 spiro atoms. The Kier molecular flexibility index (Phi) is 4.21. The number of hydrogen-bond acceptors (Lipinski definition) is 6. The van der Waals surface area contributed by atoms with E-state index in [9.17, 15) is 9.90 Å². The van der Waals surface area contributed by atoms with E-state index in [0.717, 1.165) is 53.5 Å². The lowest BCUT2D eigenvalue weighted by Crippen LogP contribution is -2.10. The summed E-state index contributed by atoms with van der Waals surface area (Å²) in [5.41, 5.74) is 2.39. The molecule has 0 fully saturated rings. The van der Waals surface area contributed by atoms with Crippen molar-refractivity contribution in [3.8, 4) is 0 Å². The quantitative estimate of drug-likeness (QED) is 0.932. The first-order valence-corrected chi connectivity index (χ1v) is 8.53. The summed E-state index contributed by atoms with van der Waals surface area (Å²) in [4.78, 5) is 20.4. The normalized spacial score (nSPS) is 14.0. The average molecular weight is 321 g/mol. The van der Waals surface area contributed by atoms with Crippen LogP contribution in [0, 0.1) is 0 Å². The molecule has 7 heteroatoms. The van der Waals surface area contributed by atoms with Crippen molar-refractivity contribution in [2.75, 3.05) is 0 Å². The molecule has 2 aromatic heterocycles. The van der Waals surface area contributed by atoms with E-state index in [4.69, 9.17) is 0 Å². The van der Waals surface area contributed by atoms with Crippen molar-refractivity contribution in [3.63, 3.8) is 0 Å². The molecule has 2 heterocycles. The third kappa shape index (κ3) is 3.08. The highest BCUT2D eigenvalue weighted by atomic mass is 32.2. The summed E-state index contributed by atoms with van der Waals surface area (Å²) >= 11 is 2.60. The Morgan fingerprint density at radius 3 is 2.90 bits per heavy atom. The number of hydrogen-bond donors (Lipinski definition) is 1. The summed E-state index contributed by atoms with van der Waals surface area (Å²) < 4.78 is 4.98. The predicted octanol–water partition coefficient (Wildman–Crippen LogP) is 3.22. The van der Waals surface area contributed by atoms with Gasteiger partial charge in [-0.25, -0.2) is 14.8 Å². The molecule has 0 amide bonds. The van der Waals surface area contributed by atoms with Gasteiger partial charge in [0, 0.05) is 12.1 Å². The van der Waals surface area contributed by atoms with Gasteiger partial charge in [0.05, 0.1) is 5.56 Å². The van der Waals surface area contributed by atoms with Crippen LogP contribution < -0.4 is 0 Å². The number of carboxylic acid groups (broad SMARTS) is 1. The lowest BCUT2D eigenvalue weighted by Gasteiger charge is -2.16. The Hall–Kier alpha value is -1.47. The first-order chi connectivity index (χ1) is 10.2. The second-order valence-electron chi connectivity index (χ2n) is 4.89. The molecule has 0 atom stereocenters. The molecule has 1 N–H and O–H groups in total. The van der Waals surface area contributed by atoms with Crippen LogP contribution in [0.1, 0.15) is 47.2 Å². The highest BCUT2D eigenvalue weighted by Gasteiger charge is 2.20. The van der Waals surface area contributed by atoms with E-state index in [0.29, 0.717) is 5.03 Å². The van der Waals surface area contributed by atoms with Gasteiger partial charge in [-0.05, 0) is 60.6 Å². The van der Waals surface area contributed by atoms with Gasteiger partial charge >= 0.3 is 5.97 Å². The second-order valence-corrected chi connectivity index (χ2v) is 6.88. The van der Waals surface area contributed by atoms with Crippen molar-refractivity contribution in [1.82, 2.24) is 14.3 Å². The molecular weight excluding hydrogens is 306 g/mol. The Bertz CT molecular complexity index is 685.